The highest BCUT2D eigenvalue weighted by molar-refractivity contribution is 5.94. The molecule has 2 aromatic heterocycles. The van der Waals surface area contributed by atoms with Crippen molar-refractivity contribution in [2.45, 2.75) is 19.4 Å². The van der Waals surface area contributed by atoms with Gasteiger partial charge in [0.05, 0.1) is 23.9 Å². The van der Waals surface area contributed by atoms with Crippen molar-refractivity contribution in [2.24, 2.45) is 0 Å². The van der Waals surface area contributed by atoms with Gasteiger partial charge in [-0.05, 0) is 38.1 Å². The van der Waals surface area contributed by atoms with Crippen molar-refractivity contribution in [1.29, 1.82) is 0 Å². The molecule has 1 aliphatic rings. The van der Waals surface area contributed by atoms with E-state index in [9.17, 15) is 4.79 Å². The number of benzene rings is 1. The largest absolute Gasteiger partial charge is 0.495 e. The van der Waals surface area contributed by atoms with Gasteiger partial charge in [0.2, 0.25) is 0 Å². The molecule has 0 atom stereocenters. The van der Waals surface area contributed by atoms with Crippen LogP contribution in [0.2, 0.25) is 0 Å². The van der Waals surface area contributed by atoms with Crippen molar-refractivity contribution in [3.05, 3.63) is 66.7 Å². The lowest BCUT2D eigenvalue weighted by molar-refractivity contribution is 0.0685. The fourth-order valence-corrected chi connectivity index (χ4v) is 3.89. The number of rotatable bonds is 4. The summed E-state index contributed by atoms with van der Waals surface area (Å²) in [5.41, 5.74) is 2.10. The number of pyridine rings is 1. The van der Waals surface area contributed by atoms with Gasteiger partial charge in [-0.25, -0.2) is 9.97 Å². The molecular formula is C23H25N5O2. The first-order chi connectivity index (χ1) is 14.5. The summed E-state index contributed by atoms with van der Waals surface area (Å²) >= 11 is 0. The number of methoxy groups -OCH3 is 1. The molecule has 0 saturated carbocycles. The van der Waals surface area contributed by atoms with Crippen LogP contribution in [0.4, 0.5) is 5.69 Å². The summed E-state index contributed by atoms with van der Waals surface area (Å²) in [6.45, 7) is 6.20. The summed E-state index contributed by atoms with van der Waals surface area (Å²) < 4.78 is 5.54. The lowest BCUT2D eigenvalue weighted by Crippen LogP contribution is -2.60. The number of ether oxygens (including phenoxy) is 1. The van der Waals surface area contributed by atoms with Crippen LogP contribution in [0.25, 0.3) is 11.4 Å². The van der Waals surface area contributed by atoms with Crippen molar-refractivity contribution in [3.63, 3.8) is 0 Å². The lowest BCUT2D eigenvalue weighted by atomic mass is 9.97. The van der Waals surface area contributed by atoms with Gasteiger partial charge in [-0.3, -0.25) is 9.78 Å². The molecule has 1 aliphatic heterocycles. The Morgan fingerprint density at radius 3 is 2.47 bits per heavy atom. The van der Waals surface area contributed by atoms with Crippen LogP contribution in [0.1, 0.15) is 24.2 Å². The van der Waals surface area contributed by atoms with Crippen molar-refractivity contribution < 1.29 is 9.53 Å². The van der Waals surface area contributed by atoms with Gasteiger partial charge in [0.1, 0.15) is 5.75 Å². The van der Waals surface area contributed by atoms with Crippen LogP contribution >= 0.6 is 0 Å². The van der Waals surface area contributed by atoms with E-state index in [0.29, 0.717) is 31.0 Å². The lowest BCUT2D eigenvalue weighted by Gasteiger charge is -2.48. The zero-order valence-electron chi connectivity index (χ0n) is 17.4. The number of nitrogens with zero attached hydrogens (tertiary/aromatic N) is 5. The van der Waals surface area contributed by atoms with Crippen LogP contribution in [-0.2, 0) is 0 Å². The molecule has 1 saturated heterocycles. The highest BCUT2D eigenvalue weighted by Gasteiger charge is 2.37. The Hall–Kier alpha value is -3.48. The summed E-state index contributed by atoms with van der Waals surface area (Å²) in [7, 11) is 1.68. The third-order valence-corrected chi connectivity index (χ3v) is 5.38. The maximum atomic E-state index is 13.1. The summed E-state index contributed by atoms with van der Waals surface area (Å²) in [5, 5.41) is 0. The molecule has 7 nitrogen and oxygen atoms in total. The number of hydrogen-bond donors (Lipinski definition) is 0. The molecule has 0 unspecified atom stereocenters. The number of carbonyl (C=O) groups excluding carboxylic acids is 1. The second-order valence-electron chi connectivity index (χ2n) is 7.90. The maximum absolute atomic E-state index is 13.1. The fraction of sp³-hybridized carbons (Fsp3) is 0.304. The minimum absolute atomic E-state index is 0.0551. The second kappa shape index (κ2) is 8.10. The summed E-state index contributed by atoms with van der Waals surface area (Å²) in [5.74, 6) is 1.34. The van der Waals surface area contributed by atoms with Gasteiger partial charge in [-0.1, -0.05) is 12.1 Å². The van der Waals surface area contributed by atoms with Gasteiger partial charge in [-0.2, -0.15) is 0 Å². The van der Waals surface area contributed by atoms with Gasteiger partial charge in [-0.15, -0.1) is 0 Å². The molecule has 30 heavy (non-hydrogen) atoms. The number of hydrogen-bond acceptors (Lipinski definition) is 6. The van der Waals surface area contributed by atoms with Crippen molar-refractivity contribution in [3.8, 4) is 17.1 Å². The molecule has 154 valence electrons. The average Bonchev–Trinajstić information content (AvgIpc) is 2.78. The second-order valence-corrected chi connectivity index (χ2v) is 7.90. The van der Waals surface area contributed by atoms with Gasteiger partial charge < -0.3 is 14.5 Å². The molecule has 7 heteroatoms. The Kier molecular flexibility index (Phi) is 5.35. The molecule has 4 rings (SSSR count). The Morgan fingerprint density at radius 2 is 1.80 bits per heavy atom. The van der Waals surface area contributed by atoms with Gasteiger partial charge >= 0.3 is 0 Å². The monoisotopic (exact) mass is 403 g/mol. The average molecular weight is 403 g/mol. The van der Waals surface area contributed by atoms with Crippen LogP contribution < -0.4 is 9.64 Å². The number of carbonyl (C=O) groups is 1. The Bertz CT molecular complexity index is 1020. The molecule has 3 heterocycles. The predicted molar refractivity (Wildman–Crippen MR) is 116 cm³/mol. The van der Waals surface area contributed by atoms with Crippen LogP contribution in [0, 0.1) is 0 Å². The quantitative estimate of drug-likeness (QED) is 0.666. The highest BCUT2D eigenvalue weighted by atomic mass is 16.5. The van der Waals surface area contributed by atoms with E-state index in [4.69, 9.17) is 4.74 Å². The van der Waals surface area contributed by atoms with Crippen LogP contribution in [0.15, 0.2) is 61.2 Å². The zero-order chi connectivity index (χ0) is 21.1. The summed E-state index contributed by atoms with van der Waals surface area (Å²) in [6, 6.07) is 11.7. The van der Waals surface area contributed by atoms with E-state index >= 15 is 0 Å². The number of para-hydroxylation sites is 2. The zero-order valence-corrected chi connectivity index (χ0v) is 17.4. The van der Waals surface area contributed by atoms with E-state index in [2.05, 4.69) is 39.8 Å². The third kappa shape index (κ3) is 3.83. The molecule has 1 aromatic carbocycles. The maximum Gasteiger partial charge on any atom is 0.257 e. The topological polar surface area (TPSA) is 71.5 Å². The Balaban J connectivity index is 1.50. The molecule has 1 amide bonds. The SMILES string of the molecule is COc1ccccc1N1CCN(C(=O)c2cnc(-c3cccnc3)nc2)CC1(C)C. The molecule has 0 bridgehead atoms. The van der Waals surface area contributed by atoms with Crippen molar-refractivity contribution in [2.75, 3.05) is 31.6 Å². The Labute approximate surface area is 176 Å². The first-order valence-electron chi connectivity index (χ1n) is 9.92. The molecule has 1 fully saturated rings. The first-order valence-corrected chi connectivity index (χ1v) is 9.92. The molecule has 0 aliphatic carbocycles. The molecule has 0 spiro atoms. The summed E-state index contributed by atoms with van der Waals surface area (Å²) in [6.07, 6.45) is 6.60. The van der Waals surface area contributed by atoms with Gasteiger partial charge in [0.15, 0.2) is 5.82 Å². The van der Waals surface area contributed by atoms with Crippen LogP contribution in [0.3, 0.4) is 0 Å². The summed E-state index contributed by atoms with van der Waals surface area (Å²) in [4.78, 5) is 30.1. The Morgan fingerprint density at radius 1 is 1.03 bits per heavy atom. The molecular weight excluding hydrogens is 378 g/mol. The van der Waals surface area contributed by atoms with E-state index in [-0.39, 0.29) is 11.4 Å². The highest BCUT2D eigenvalue weighted by Crippen LogP contribution is 2.35. The minimum Gasteiger partial charge on any atom is -0.495 e. The predicted octanol–water partition coefficient (Wildman–Crippen LogP) is 3.29. The number of anilines is 1. The smallest absolute Gasteiger partial charge is 0.257 e. The van der Waals surface area contributed by atoms with Crippen LogP contribution in [-0.4, -0.2) is 58.0 Å². The minimum atomic E-state index is -0.251. The molecule has 3 aromatic rings. The van der Waals surface area contributed by atoms with E-state index in [1.165, 1.54) is 0 Å². The number of piperazine rings is 1. The van der Waals surface area contributed by atoms with E-state index < -0.39 is 0 Å². The normalized spacial score (nSPS) is 15.7. The fourth-order valence-electron chi connectivity index (χ4n) is 3.89. The van der Waals surface area contributed by atoms with E-state index in [1.807, 2.05) is 35.2 Å². The van der Waals surface area contributed by atoms with Crippen molar-refractivity contribution >= 4 is 11.6 Å². The van der Waals surface area contributed by atoms with Gasteiger partial charge in [0, 0.05) is 50.0 Å². The van der Waals surface area contributed by atoms with Crippen molar-refractivity contribution in [1.82, 2.24) is 19.9 Å². The van der Waals surface area contributed by atoms with E-state index in [1.54, 1.807) is 31.9 Å². The first kappa shape index (κ1) is 19.8. The third-order valence-electron chi connectivity index (χ3n) is 5.38. The number of amides is 1. The molecule has 0 radical (unpaired) electrons. The van der Waals surface area contributed by atoms with E-state index in [0.717, 1.165) is 17.0 Å². The molecule has 0 N–H and O–H groups in total. The number of aromatic nitrogens is 3. The van der Waals surface area contributed by atoms with Gasteiger partial charge in [0.25, 0.3) is 5.91 Å². The standard InChI is InChI=1S/C23H25N5O2/c1-23(2)16-27(11-12-28(23)19-8-4-5-9-20(19)30-3)22(29)18-14-25-21(26-15-18)17-7-6-10-24-13-17/h4-10,13-15H,11-12,16H2,1-3H3. The van der Waals surface area contributed by atoms with Crippen LogP contribution in [0.5, 0.6) is 5.75 Å².